The van der Waals surface area contributed by atoms with Crippen LogP contribution in [-0.2, 0) is 0 Å². The van der Waals surface area contributed by atoms with Gasteiger partial charge in [0.15, 0.2) is 5.69 Å². The van der Waals surface area contributed by atoms with Crippen molar-refractivity contribution in [2.45, 2.75) is 0 Å². The van der Waals surface area contributed by atoms with Crippen LogP contribution in [0.4, 0.5) is 16.2 Å². The lowest BCUT2D eigenvalue weighted by Gasteiger charge is -2.03. The van der Waals surface area contributed by atoms with Crippen LogP contribution < -0.4 is 10.6 Å². The third-order valence-corrected chi connectivity index (χ3v) is 2.68. The average Bonchev–Trinajstić information content (AvgIpc) is 2.57. The molecule has 0 fully saturated rings. The zero-order valence-corrected chi connectivity index (χ0v) is 8.60. The highest BCUT2D eigenvalue weighted by Crippen LogP contribution is 2.27. The zero-order valence-electron chi connectivity index (χ0n) is 8.60. The summed E-state index contributed by atoms with van der Waals surface area (Å²) in [5.74, 6) is 0. The molecule has 78 valence electrons. The summed E-state index contributed by atoms with van der Waals surface area (Å²) in [4.78, 5) is 11.2. The van der Waals surface area contributed by atoms with Crippen molar-refractivity contribution in [1.82, 2.24) is 0 Å². The molecule has 0 saturated carbocycles. The molecule has 0 radical (unpaired) electrons. The van der Waals surface area contributed by atoms with E-state index in [9.17, 15) is 4.79 Å². The lowest BCUT2D eigenvalue weighted by atomic mass is 10.0. The van der Waals surface area contributed by atoms with Gasteiger partial charge in [0.1, 0.15) is 5.69 Å². The van der Waals surface area contributed by atoms with Crippen molar-refractivity contribution in [1.29, 1.82) is 0 Å². The smallest absolute Gasteiger partial charge is 0.269 e. The number of hydrogen-bond donors (Lipinski definition) is 2. The molecule has 0 bridgehead atoms. The number of amides is 2. The van der Waals surface area contributed by atoms with Crippen LogP contribution in [0.2, 0.25) is 0 Å². The molecule has 1 heterocycles. The Morgan fingerprint density at radius 1 is 0.938 bits per heavy atom. The normalized spacial score (nSPS) is 22.4. The summed E-state index contributed by atoms with van der Waals surface area (Å²) in [6, 6.07) is 3.99. The number of hydrogen-bond acceptors (Lipinski definition) is 1. The van der Waals surface area contributed by atoms with Gasteiger partial charge in [-0.25, -0.2) is 10.1 Å². The minimum absolute atomic E-state index is 0.0425. The topological polar surface area (TPSA) is 45.7 Å². The Bertz CT molecular complexity index is 506. The number of allylic oxidation sites excluding steroid dienone is 4. The summed E-state index contributed by atoms with van der Waals surface area (Å²) in [5, 5.41) is 4.44. The van der Waals surface area contributed by atoms with E-state index in [0.29, 0.717) is 0 Å². The van der Waals surface area contributed by atoms with E-state index in [-0.39, 0.29) is 6.03 Å². The van der Waals surface area contributed by atoms with E-state index >= 15 is 0 Å². The quantitative estimate of drug-likeness (QED) is 0.634. The van der Waals surface area contributed by atoms with Gasteiger partial charge in [-0.3, -0.25) is 5.32 Å². The molecule has 0 spiro atoms. The first-order valence-corrected chi connectivity index (χ1v) is 5.18. The monoisotopic (exact) mass is 211 g/mol. The molecule has 3 nitrogen and oxygen atoms in total. The predicted octanol–water partition coefficient (Wildman–Crippen LogP) is 2.02. The van der Waals surface area contributed by atoms with Crippen LogP contribution in [-0.4, -0.2) is 6.03 Å². The van der Waals surface area contributed by atoms with Gasteiger partial charge in [0.25, 0.3) is 0 Å². The number of nitrogens with one attached hydrogen (secondary N) is 1. The van der Waals surface area contributed by atoms with Gasteiger partial charge < -0.3 is 0 Å². The molecule has 16 heavy (non-hydrogen) atoms. The minimum Gasteiger partial charge on any atom is -0.269 e. The van der Waals surface area contributed by atoms with Gasteiger partial charge in [0.05, 0.1) is 0 Å². The number of nitrogens with two attached hydrogens (primary N) is 1. The van der Waals surface area contributed by atoms with Crippen LogP contribution in [0.25, 0.3) is 12.2 Å². The van der Waals surface area contributed by atoms with Crippen molar-refractivity contribution < 1.29 is 10.1 Å². The summed E-state index contributed by atoms with van der Waals surface area (Å²) >= 11 is 0. The molecule has 1 aliphatic carbocycles. The second-order valence-corrected chi connectivity index (χ2v) is 3.81. The Morgan fingerprint density at radius 3 is 2.38 bits per heavy atom. The maximum absolute atomic E-state index is 11.2. The number of carbonyl (C=O) groups is 1. The molecule has 1 aromatic rings. The Morgan fingerprint density at radius 2 is 1.62 bits per heavy atom. The maximum Gasteiger partial charge on any atom is 0.423 e. The summed E-state index contributed by atoms with van der Waals surface area (Å²) < 4.78 is 0. The number of urea groups is 1. The largest absolute Gasteiger partial charge is 0.423 e. The third-order valence-electron chi connectivity index (χ3n) is 2.68. The van der Waals surface area contributed by atoms with Crippen LogP contribution in [0.1, 0.15) is 11.1 Å². The van der Waals surface area contributed by atoms with Crippen LogP contribution in [0.5, 0.6) is 0 Å². The maximum atomic E-state index is 11.2. The van der Waals surface area contributed by atoms with Crippen molar-refractivity contribution >= 4 is 29.6 Å². The van der Waals surface area contributed by atoms with Crippen molar-refractivity contribution in [3.63, 3.8) is 0 Å². The highest BCUT2D eigenvalue weighted by molar-refractivity contribution is 5.94. The number of quaternary nitrogens is 1. The van der Waals surface area contributed by atoms with Crippen LogP contribution >= 0.6 is 0 Å². The molecule has 1 aromatic carbocycles. The fourth-order valence-electron chi connectivity index (χ4n) is 1.92. The van der Waals surface area contributed by atoms with Crippen molar-refractivity contribution in [3.05, 3.63) is 47.6 Å². The number of primary amides is 1. The lowest BCUT2D eigenvalue weighted by molar-refractivity contribution is -0.453. The Kier molecular flexibility index (Phi) is 1.98. The van der Waals surface area contributed by atoms with E-state index in [2.05, 4.69) is 5.32 Å². The second kappa shape index (κ2) is 3.47. The van der Waals surface area contributed by atoms with Gasteiger partial charge in [0.2, 0.25) is 0 Å². The van der Waals surface area contributed by atoms with Crippen molar-refractivity contribution in [2.24, 2.45) is 0 Å². The summed E-state index contributed by atoms with van der Waals surface area (Å²) in [6.45, 7) is 0. The number of benzene rings is 1. The Balaban J connectivity index is 2.16. The first kappa shape index (κ1) is 9.12. The molecule has 1 aliphatic heterocycles. The molecule has 3 rings (SSSR count). The first-order chi connectivity index (χ1) is 7.83. The van der Waals surface area contributed by atoms with E-state index in [4.69, 9.17) is 0 Å². The van der Waals surface area contributed by atoms with E-state index in [1.54, 1.807) is 5.32 Å². The minimum atomic E-state index is -0.0425. The molecule has 0 saturated heterocycles. The van der Waals surface area contributed by atoms with E-state index < -0.39 is 0 Å². The lowest BCUT2D eigenvalue weighted by Crippen LogP contribution is -2.80. The van der Waals surface area contributed by atoms with Gasteiger partial charge in [-0.05, 0) is 17.2 Å². The number of fused-ring (bicyclic) bond motifs is 2. The molecular weight excluding hydrogens is 200 g/mol. The van der Waals surface area contributed by atoms with Gasteiger partial charge in [-0.2, -0.15) is 0 Å². The van der Waals surface area contributed by atoms with Crippen LogP contribution in [0.3, 0.4) is 0 Å². The van der Waals surface area contributed by atoms with Crippen LogP contribution in [0, 0.1) is 0 Å². The average molecular weight is 211 g/mol. The molecule has 2 amide bonds. The molecule has 3 heteroatoms. The third kappa shape index (κ3) is 1.47. The van der Waals surface area contributed by atoms with E-state index in [1.807, 2.05) is 48.6 Å². The van der Waals surface area contributed by atoms with Crippen LogP contribution in [0.15, 0.2) is 36.4 Å². The Labute approximate surface area is 93.2 Å². The highest BCUT2D eigenvalue weighted by Gasteiger charge is 2.23. The highest BCUT2D eigenvalue weighted by atomic mass is 16.2. The number of carbonyl (C=O) groups excluding carboxylic acids is 1. The van der Waals surface area contributed by atoms with Gasteiger partial charge in [-0.1, -0.05) is 36.5 Å². The summed E-state index contributed by atoms with van der Waals surface area (Å²) in [5.41, 5.74) is 4.11. The van der Waals surface area contributed by atoms with E-state index in [1.165, 1.54) is 0 Å². The molecular formula is C13H11N2O+. The first-order valence-electron chi connectivity index (χ1n) is 5.18. The second-order valence-electron chi connectivity index (χ2n) is 3.81. The van der Waals surface area contributed by atoms with Crippen molar-refractivity contribution in [2.75, 3.05) is 5.32 Å². The number of anilines is 1. The molecule has 0 aromatic heterocycles. The predicted molar refractivity (Wildman–Crippen MR) is 64.3 cm³/mol. The molecule has 2 aliphatic rings. The zero-order chi connectivity index (χ0) is 11.0. The summed E-state index contributed by atoms with van der Waals surface area (Å²) in [6.07, 6.45) is 12.1. The fourth-order valence-corrected chi connectivity index (χ4v) is 1.92. The molecule has 3 N–H and O–H groups in total. The van der Waals surface area contributed by atoms with E-state index in [0.717, 1.165) is 22.5 Å². The van der Waals surface area contributed by atoms with Crippen molar-refractivity contribution in [3.8, 4) is 0 Å². The van der Waals surface area contributed by atoms with Gasteiger partial charge in [-0.15, -0.1) is 0 Å². The molecule has 0 unspecified atom stereocenters. The van der Waals surface area contributed by atoms with Gasteiger partial charge >= 0.3 is 6.03 Å². The van der Waals surface area contributed by atoms with Gasteiger partial charge in [0, 0.05) is 6.07 Å². The number of rotatable bonds is 0. The Hall–Kier alpha value is -2.13. The molecule has 0 atom stereocenters. The summed E-state index contributed by atoms with van der Waals surface area (Å²) in [7, 11) is 0. The SMILES string of the molecule is O=C1Nc2cc3c(cc2[NH2+]1)\C=C/C=C\C=C/3. The fraction of sp³-hybridized carbons (Fsp3) is 0. The standard InChI is InChI=1S/C13H10N2O/c16-13-14-11-7-9-5-3-1-2-4-6-10(9)8-12(11)15-13/h1-8H,(H2,14,15,16)/p+1/b2-1-,3-1?,4-2?,5-3-,6-4-,9-5?,10-6?.